The van der Waals surface area contributed by atoms with E-state index in [1.54, 1.807) is 10.6 Å². The number of carbonyl (C=O) groups excluding carboxylic acids is 1. The molecule has 1 N–H and O–H groups in total. The highest BCUT2D eigenvalue weighted by atomic mass is 32.2. The summed E-state index contributed by atoms with van der Waals surface area (Å²) in [5, 5.41) is 5.67. The average molecular weight is 413 g/mol. The molecular formula is C22H28N4O2S. The molecule has 7 heteroatoms. The van der Waals surface area contributed by atoms with Crippen molar-refractivity contribution in [2.45, 2.75) is 58.7 Å². The van der Waals surface area contributed by atoms with Gasteiger partial charge in [-0.3, -0.25) is 14.2 Å². The number of hydrogen-bond donors (Lipinski definition) is 1. The van der Waals surface area contributed by atoms with E-state index in [0.717, 1.165) is 18.6 Å². The normalized spacial score (nSPS) is 26.3. The predicted octanol–water partition coefficient (Wildman–Crippen LogP) is 3.83. The minimum atomic E-state index is -0.170. The molecule has 2 aromatic rings. The van der Waals surface area contributed by atoms with Crippen LogP contribution in [-0.2, 0) is 11.3 Å². The fourth-order valence-corrected chi connectivity index (χ4v) is 5.78. The first kappa shape index (κ1) is 20.1. The third kappa shape index (κ3) is 3.19. The first-order valence-corrected chi connectivity index (χ1v) is 11.2. The van der Waals surface area contributed by atoms with Gasteiger partial charge in [0.1, 0.15) is 0 Å². The minimum Gasteiger partial charge on any atom is -0.287 e. The number of aromatic nitrogens is 2. The highest BCUT2D eigenvalue weighted by molar-refractivity contribution is 7.99. The summed E-state index contributed by atoms with van der Waals surface area (Å²) >= 11 is 1.28. The number of para-hydroxylation sites is 1. The lowest BCUT2D eigenvalue weighted by atomic mass is 9.70. The summed E-state index contributed by atoms with van der Waals surface area (Å²) in [5.74, 6) is 0.653. The van der Waals surface area contributed by atoms with Crippen LogP contribution in [0, 0.1) is 16.7 Å². The number of thioether (sulfide) groups is 1. The maximum absolute atomic E-state index is 12.7. The third-order valence-electron chi connectivity index (χ3n) is 7.30. The van der Waals surface area contributed by atoms with E-state index in [2.05, 4.69) is 36.3 Å². The van der Waals surface area contributed by atoms with Gasteiger partial charge < -0.3 is 0 Å². The summed E-state index contributed by atoms with van der Waals surface area (Å²) in [6.07, 6.45) is 3.35. The van der Waals surface area contributed by atoms with E-state index < -0.39 is 0 Å². The molecule has 6 nitrogen and oxygen atoms in total. The molecule has 1 aromatic heterocycles. The van der Waals surface area contributed by atoms with Crippen molar-refractivity contribution >= 4 is 34.3 Å². The largest absolute Gasteiger partial charge is 0.287 e. The van der Waals surface area contributed by atoms with Gasteiger partial charge in [-0.15, -0.1) is 0 Å². The van der Waals surface area contributed by atoms with Crippen LogP contribution >= 0.6 is 11.8 Å². The number of amides is 1. The van der Waals surface area contributed by atoms with Gasteiger partial charge in [0.2, 0.25) is 0 Å². The van der Waals surface area contributed by atoms with Gasteiger partial charge in [-0.1, -0.05) is 44.7 Å². The molecular weight excluding hydrogens is 384 g/mol. The Hall–Kier alpha value is -2.15. The van der Waals surface area contributed by atoms with Gasteiger partial charge in [-0.05, 0) is 49.7 Å². The molecule has 2 atom stereocenters. The third-order valence-corrected chi connectivity index (χ3v) is 8.28. The van der Waals surface area contributed by atoms with Gasteiger partial charge in [0.05, 0.1) is 16.7 Å². The molecule has 0 saturated heterocycles. The number of hydrogen-bond acceptors (Lipinski definition) is 5. The first-order valence-electron chi connectivity index (χ1n) is 10.3. The van der Waals surface area contributed by atoms with Crippen LogP contribution in [0.15, 0.2) is 39.3 Å². The maximum atomic E-state index is 12.7. The smallest absolute Gasteiger partial charge is 0.262 e. The van der Waals surface area contributed by atoms with E-state index in [4.69, 9.17) is 0 Å². The van der Waals surface area contributed by atoms with Crippen LogP contribution in [-0.4, -0.2) is 26.9 Å². The Morgan fingerprint density at radius 3 is 2.76 bits per heavy atom. The number of fused-ring (bicyclic) bond motifs is 3. The Balaban J connectivity index is 1.46. The van der Waals surface area contributed by atoms with Crippen molar-refractivity contribution in [1.82, 2.24) is 15.0 Å². The van der Waals surface area contributed by atoms with E-state index in [1.807, 2.05) is 25.1 Å². The number of rotatable bonds is 5. The second-order valence-electron chi connectivity index (χ2n) is 8.84. The van der Waals surface area contributed by atoms with Crippen molar-refractivity contribution in [3.8, 4) is 0 Å². The highest BCUT2D eigenvalue weighted by Crippen LogP contribution is 2.63. The van der Waals surface area contributed by atoms with Crippen molar-refractivity contribution in [1.29, 1.82) is 0 Å². The maximum Gasteiger partial charge on any atom is 0.262 e. The summed E-state index contributed by atoms with van der Waals surface area (Å²) in [7, 11) is 0. The lowest BCUT2D eigenvalue weighted by Gasteiger charge is -2.34. The van der Waals surface area contributed by atoms with Crippen LogP contribution in [0.1, 0.15) is 47.0 Å². The lowest BCUT2D eigenvalue weighted by Crippen LogP contribution is -2.34. The van der Waals surface area contributed by atoms with Crippen LogP contribution in [0.2, 0.25) is 0 Å². The Kier molecular flexibility index (Phi) is 5.05. The first-order chi connectivity index (χ1) is 13.8. The molecule has 2 bridgehead atoms. The van der Waals surface area contributed by atoms with Crippen molar-refractivity contribution < 1.29 is 4.79 Å². The molecule has 0 aliphatic heterocycles. The lowest BCUT2D eigenvalue weighted by molar-refractivity contribution is -0.118. The Morgan fingerprint density at radius 2 is 2.10 bits per heavy atom. The molecule has 2 aliphatic rings. The Labute approximate surface area is 175 Å². The Bertz CT molecular complexity index is 1060. The molecule has 2 aliphatic carbocycles. The van der Waals surface area contributed by atoms with Gasteiger partial charge >= 0.3 is 0 Å². The molecule has 29 heavy (non-hydrogen) atoms. The van der Waals surface area contributed by atoms with E-state index in [-0.39, 0.29) is 28.0 Å². The topological polar surface area (TPSA) is 76.3 Å². The number of nitrogens with zero attached hydrogens (tertiary/aromatic N) is 3. The zero-order valence-electron chi connectivity index (χ0n) is 17.5. The molecule has 1 aromatic carbocycles. The van der Waals surface area contributed by atoms with E-state index in [9.17, 15) is 9.59 Å². The fourth-order valence-electron chi connectivity index (χ4n) is 4.93. The average Bonchev–Trinajstić information content (AvgIpc) is 3.04. The SMILES string of the molecule is CCn1c(SCC(=O)N/N=C2\CC3CCC2(C)C3(C)C)nc2ccccc2c1=O. The monoisotopic (exact) mass is 412 g/mol. The quantitative estimate of drug-likeness (QED) is 0.460. The van der Waals surface area contributed by atoms with Crippen LogP contribution < -0.4 is 11.0 Å². The number of nitrogens with one attached hydrogen (secondary N) is 1. The number of hydrazone groups is 1. The number of carbonyl (C=O) groups is 1. The standard InChI is InChI=1S/C22H28N4O2S/c1-5-26-19(28)15-8-6-7-9-16(15)23-20(26)29-13-18(27)25-24-17-12-14-10-11-22(17,4)21(14,2)3/h6-9,14H,5,10-13H2,1-4H3,(H,25,27)/b24-17+. The molecule has 2 fully saturated rings. The molecule has 0 radical (unpaired) electrons. The zero-order valence-corrected chi connectivity index (χ0v) is 18.3. The highest BCUT2D eigenvalue weighted by Gasteiger charge is 2.60. The summed E-state index contributed by atoms with van der Waals surface area (Å²) in [5.41, 5.74) is 4.75. The van der Waals surface area contributed by atoms with Crippen molar-refractivity contribution in [3.63, 3.8) is 0 Å². The van der Waals surface area contributed by atoms with Crippen molar-refractivity contribution in [2.75, 3.05) is 5.75 Å². The Morgan fingerprint density at radius 1 is 1.34 bits per heavy atom. The fraction of sp³-hybridized carbons (Fsp3) is 0.545. The second-order valence-corrected chi connectivity index (χ2v) is 9.78. The predicted molar refractivity (Wildman–Crippen MR) is 117 cm³/mol. The van der Waals surface area contributed by atoms with Crippen LogP contribution in [0.25, 0.3) is 10.9 Å². The molecule has 2 saturated carbocycles. The van der Waals surface area contributed by atoms with Crippen LogP contribution in [0.4, 0.5) is 0 Å². The summed E-state index contributed by atoms with van der Waals surface area (Å²) in [4.78, 5) is 29.7. The molecule has 154 valence electrons. The van der Waals surface area contributed by atoms with Gasteiger partial charge in [-0.25, -0.2) is 10.4 Å². The summed E-state index contributed by atoms with van der Waals surface area (Å²) in [6.45, 7) is 9.34. The second kappa shape index (κ2) is 7.27. The van der Waals surface area contributed by atoms with Crippen molar-refractivity contribution in [3.05, 3.63) is 34.6 Å². The molecule has 1 heterocycles. The zero-order chi connectivity index (χ0) is 20.8. The van der Waals surface area contributed by atoms with Gasteiger partial charge in [-0.2, -0.15) is 5.10 Å². The molecule has 2 unspecified atom stereocenters. The minimum absolute atomic E-state index is 0.0701. The van der Waals surface area contributed by atoms with E-state index >= 15 is 0 Å². The van der Waals surface area contributed by atoms with Crippen LogP contribution in [0.5, 0.6) is 0 Å². The van der Waals surface area contributed by atoms with Crippen LogP contribution in [0.3, 0.4) is 0 Å². The van der Waals surface area contributed by atoms with Crippen molar-refractivity contribution in [2.24, 2.45) is 21.8 Å². The van der Waals surface area contributed by atoms with E-state index in [1.165, 1.54) is 18.2 Å². The van der Waals surface area contributed by atoms with Gasteiger partial charge in [0.15, 0.2) is 5.16 Å². The molecule has 4 rings (SSSR count). The summed E-state index contributed by atoms with van der Waals surface area (Å²) in [6, 6.07) is 7.30. The van der Waals surface area contributed by atoms with E-state index in [0.29, 0.717) is 28.5 Å². The van der Waals surface area contributed by atoms with Gasteiger partial charge in [0, 0.05) is 17.7 Å². The molecule has 0 spiro atoms. The number of benzene rings is 1. The molecule has 1 amide bonds. The van der Waals surface area contributed by atoms with Gasteiger partial charge in [0.25, 0.3) is 11.5 Å². The summed E-state index contributed by atoms with van der Waals surface area (Å²) < 4.78 is 1.62.